The molecule has 2 aromatic carbocycles. The molecule has 0 aliphatic carbocycles. The van der Waals surface area contributed by atoms with Crippen LogP contribution in [-0.2, 0) is 9.53 Å². The highest BCUT2D eigenvalue weighted by atomic mass is 16.5. The lowest BCUT2D eigenvalue weighted by Crippen LogP contribution is -2.08. The molecule has 0 bridgehead atoms. The van der Waals surface area contributed by atoms with E-state index in [4.69, 9.17) is 9.47 Å². The number of rotatable bonds is 19. The lowest BCUT2D eigenvalue weighted by atomic mass is 10.0. The van der Waals surface area contributed by atoms with E-state index >= 15 is 0 Å². The highest BCUT2D eigenvalue weighted by molar-refractivity contribution is 5.69. The van der Waals surface area contributed by atoms with Crippen LogP contribution in [0.3, 0.4) is 0 Å². The molecule has 0 saturated carbocycles. The van der Waals surface area contributed by atoms with E-state index in [2.05, 4.69) is 62.4 Å². The van der Waals surface area contributed by atoms with Crippen molar-refractivity contribution in [3.05, 3.63) is 54.1 Å². The number of unbranched alkanes of at least 4 members (excludes halogenated alkanes) is 11. The first-order valence-electron chi connectivity index (χ1n) is 14.2. The summed E-state index contributed by atoms with van der Waals surface area (Å²) in [5, 5.41) is 0. The Bertz CT molecular complexity index is 795. The quantitative estimate of drug-likeness (QED) is 0.148. The summed E-state index contributed by atoms with van der Waals surface area (Å²) in [6.45, 7) is 7.21. The maximum atomic E-state index is 12.2. The van der Waals surface area contributed by atoms with Crippen molar-refractivity contribution in [1.29, 1.82) is 0 Å². The van der Waals surface area contributed by atoms with Crippen LogP contribution in [0.2, 0.25) is 0 Å². The second kappa shape index (κ2) is 18.0. The van der Waals surface area contributed by atoms with Gasteiger partial charge in [-0.25, -0.2) is 0 Å². The van der Waals surface area contributed by atoms with E-state index in [1.165, 1.54) is 64.2 Å². The van der Waals surface area contributed by atoms with Gasteiger partial charge in [0, 0.05) is 6.42 Å². The van der Waals surface area contributed by atoms with Crippen LogP contribution in [0.25, 0.3) is 11.1 Å². The molecule has 3 nitrogen and oxygen atoms in total. The fourth-order valence-electron chi connectivity index (χ4n) is 4.31. The third-order valence-electron chi connectivity index (χ3n) is 6.63. The van der Waals surface area contributed by atoms with Gasteiger partial charge in [0.1, 0.15) is 11.9 Å². The molecule has 2 aromatic rings. The van der Waals surface area contributed by atoms with Crippen molar-refractivity contribution in [3.63, 3.8) is 0 Å². The molecular formula is C32H48O3. The SMILES string of the molecule is CCCCCCCCCOc1ccc(-c2ccc(C(C)OC(=O)CCCCCCCC)cc2)cc1. The van der Waals surface area contributed by atoms with Crippen molar-refractivity contribution in [3.8, 4) is 16.9 Å². The monoisotopic (exact) mass is 480 g/mol. The molecule has 0 amide bonds. The van der Waals surface area contributed by atoms with E-state index in [9.17, 15) is 4.79 Å². The van der Waals surface area contributed by atoms with E-state index < -0.39 is 0 Å². The Balaban J connectivity index is 1.69. The largest absolute Gasteiger partial charge is 0.494 e. The smallest absolute Gasteiger partial charge is 0.306 e. The van der Waals surface area contributed by atoms with Gasteiger partial charge in [-0.2, -0.15) is 0 Å². The molecule has 0 fully saturated rings. The highest BCUT2D eigenvalue weighted by Gasteiger charge is 2.12. The Morgan fingerprint density at radius 3 is 1.71 bits per heavy atom. The fraction of sp³-hybridized carbons (Fsp3) is 0.594. The number of carbonyl (C=O) groups is 1. The van der Waals surface area contributed by atoms with Gasteiger partial charge in [0.2, 0.25) is 0 Å². The van der Waals surface area contributed by atoms with Gasteiger partial charge >= 0.3 is 5.97 Å². The molecule has 0 aliphatic rings. The summed E-state index contributed by atoms with van der Waals surface area (Å²) in [6.07, 6.45) is 16.4. The van der Waals surface area contributed by atoms with Crippen LogP contribution in [0, 0.1) is 0 Å². The summed E-state index contributed by atoms with van der Waals surface area (Å²) >= 11 is 0. The van der Waals surface area contributed by atoms with Crippen LogP contribution in [0.4, 0.5) is 0 Å². The molecule has 1 atom stereocenters. The van der Waals surface area contributed by atoms with Gasteiger partial charge in [0.15, 0.2) is 0 Å². The molecule has 194 valence electrons. The van der Waals surface area contributed by atoms with Gasteiger partial charge in [0.05, 0.1) is 6.61 Å². The number of carbonyl (C=O) groups excluding carboxylic acids is 1. The van der Waals surface area contributed by atoms with E-state index in [0.29, 0.717) is 6.42 Å². The predicted molar refractivity (Wildman–Crippen MR) is 148 cm³/mol. The van der Waals surface area contributed by atoms with Gasteiger partial charge in [0.25, 0.3) is 0 Å². The van der Waals surface area contributed by atoms with Gasteiger partial charge in [-0.3, -0.25) is 4.79 Å². The van der Waals surface area contributed by atoms with Crippen LogP contribution in [0.5, 0.6) is 5.75 Å². The Hall–Kier alpha value is -2.29. The van der Waals surface area contributed by atoms with Crippen LogP contribution in [0.15, 0.2) is 48.5 Å². The summed E-state index contributed by atoms with van der Waals surface area (Å²) in [6, 6.07) is 16.6. The molecule has 0 N–H and O–H groups in total. The number of ether oxygens (including phenoxy) is 2. The minimum Gasteiger partial charge on any atom is -0.494 e. The normalized spacial score (nSPS) is 11.9. The third-order valence-corrected chi connectivity index (χ3v) is 6.63. The van der Waals surface area contributed by atoms with Crippen LogP contribution in [-0.4, -0.2) is 12.6 Å². The number of hydrogen-bond donors (Lipinski definition) is 0. The Kier molecular flexibility index (Phi) is 14.9. The summed E-state index contributed by atoms with van der Waals surface area (Å²) < 4.78 is 11.6. The predicted octanol–water partition coefficient (Wildman–Crippen LogP) is 9.84. The van der Waals surface area contributed by atoms with Crippen molar-refractivity contribution in [2.45, 2.75) is 117 Å². The fourth-order valence-corrected chi connectivity index (χ4v) is 4.31. The number of hydrogen-bond acceptors (Lipinski definition) is 3. The molecule has 35 heavy (non-hydrogen) atoms. The first-order chi connectivity index (χ1) is 17.1. The second-order valence-electron chi connectivity index (χ2n) is 9.77. The third kappa shape index (κ3) is 12.3. The van der Waals surface area contributed by atoms with Gasteiger partial charge in [-0.15, -0.1) is 0 Å². The zero-order valence-corrected chi connectivity index (χ0v) is 22.5. The maximum absolute atomic E-state index is 12.2. The summed E-state index contributed by atoms with van der Waals surface area (Å²) in [5.41, 5.74) is 3.34. The first-order valence-corrected chi connectivity index (χ1v) is 14.2. The zero-order valence-electron chi connectivity index (χ0n) is 22.5. The van der Waals surface area contributed by atoms with Crippen LogP contribution in [0.1, 0.15) is 122 Å². The van der Waals surface area contributed by atoms with Crippen molar-refractivity contribution >= 4 is 5.97 Å². The van der Waals surface area contributed by atoms with Gasteiger partial charge < -0.3 is 9.47 Å². The van der Waals surface area contributed by atoms with Gasteiger partial charge in [-0.05, 0) is 48.6 Å². The number of benzene rings is 2. The molecule has 1 unspecified atom stereocenters. The molecule has 0 heterocycles. The first kappa shape index (κ1) is 28.9. The second-order valence-corrected chi connectivity index (χ2v) is 9.77. The van der Waals surface area contributed by atoms with E-state index in [1.54, 1.807) is 0 Å². The minimum atomic E-state index is -0.223. The molecule has 0 spiro atoms. The van der Waals surface area contributed by atoms with E-state index in [1.807, 2.05) is 6.92 Å². The molecule has 0 radical (unpaired) electrons. The summed E-state index contributed by atoms with van der Waals surface area (Å²) in [4.78, 5) is 12.2. The summed E-state index contributed by atoms with van der Waals surface area (Å²) in [7, 11) is 0. The minimum absolute atomic E-state index is 0.0934. The average molecular weight is 481 g/mol. The lowest BCUT2D eigenvalue weighted by molar-refractivity contribution is -0.148. The average Bonchev–Trinajstić information content (AvgIpc) is 2.88. The standard InChI is InChI=1S/C32H48O3/c1-4-6-8-10-12-14-16-26-34-31-24-22-30(23-25-31)29-20-18-28(19-21-29)27(3)35-32(33)17-15-13-11-9-7-5-2/h18-25,27H,4-17,26H2,1-3H3. The molecule has 0 saturated heterocycles. The highest BCUT2D eigenvalue weighted by Crippen LogP contribution is 2.26. The molecule has 0 aromatic heterocycles. The summed E-state index contributed by atoms with van der Waals surface area (Å²) in [5.74, 6) is 0.839. The maximum Gasteiger partial charge on any atom is 0.306 e. The molecule has 3 heteroatoms. The Labute approximate surface area is 214 Å². The Morgan fingerprint density at radius 1 is 0.657 bits per heavy atom. The van der Waals surface area contributed by atoms with Crippen LogP contribution < -0.4 is 4.74 Å². The van der Waals surface area contributed by atoms with Crippen LogP contribution >= 0.6 is 0 Å². The topological polar surface area (TPSA) is 35.5 Å². The van der Waals surface area contributed by atoms with E-state index in [-0.39, 0.29) is 12.1 Å². The lowest BCUT2D eigenvalue weighted by Gasteiger charge is -2.14. The molecular weight excluding hydrogens is 432 g/mol. The molecule has 2 rings (SSSR count). The van der Waals surface area contributed by atoms with Crippen molar-refractivity contribution < 1.29 is 14.3 Å². The zero-order chi connectivity index (χ0) is 25.1. The van der Waals surface area contributed by atoms with E-state index in [0.717, 1.165) is 48.3 Å². The van der Waals surface area contributed by atoms with Crippen molar-refractivity contribution in [1.82, 2.24) is 0 Å². The van der Waals surface area contributed by atoms with Crippen molar-refractivity contribution in [2.75, 3.05) is 6.61 Å². The van der Waals surface area contributed by atoms with Gasteiger partial charge in [-0.1, -0.05) is 121 Å². The molecule has 0 aliphatic heterocycles. The van der Waals surface area contributed by atoms with Crippen molar-refractivity contribution in [2.24, 2.45) is 0 Å². The Morgan fingerprint density at radius 2 is 1.14 bits per heavy atom. The number of esters is 1.